The number of aromatic nitrogens is 1. The van der Waals surface area contributed by atoms with Gasteiger partial charge in [0, 0.05) is 35.1 Å². The van der Waals surface area contributed by atoms with Crippen molar-refractivity contribution in [1.82, 2.24) is 9.88 Å². The van der Waals surface area contributed by atoms with Crippen molar-refractivity contribution in [2.45, 2.75) is 20.0 Å². The lowest BCUT2D eigenvalue weighted by Crippen LogP contribution is -2.15. The number of nitro groups is 1. The minimum Gasteiger partial charge on any atom is -0.346 e. The summed E-state index contributed by atoms with van der Waals surface area (Å²) in [6, 6.07) is 8.72. The second-order valence-corrected chi connectivity index (χ2v) is 4.87. The highest BCUT2D eigenvalue weighted by atomic mass is 35.5. The van der Waals surface area contributed by atoms with Crippen LogP contribution in [0.3, 0.4) is 0 Å². The van der Waals surface area contributed by atoms with Crippen molar-refractivity contribution < 1.29 is 4.92 Å². The largest absolute Gasteiger partial charge is 0.346 e. The Hall–Kier alpha value is -1.85. The highest BCUT2D eigenvalue weighted by molar-refractivity contribution is 6.30. The van der Waals surface area contributed by atoms with Gasteiger partial charge < -0.3 is 9.88 Å². The van der Waals surface area contributed by atoms with Gasteiger partial charge in [0.05, 0.1) is 11.5 Å². The Labute approximate surface area is 122 Å². The summed E-state index contributed by atoms with van der Waals surface area (Å²) in [4.78, 5) is 10.7. The molecule has 2 rings (SSSR count). The summed E-state index contributed by atoms with van der Waals surface area (Å²) in [5.74, 6) is 0. The monoisotopic (exact) mass is 293 g/mol. The van der Waals surface area contributed by atoms with Gasteiger partial charge in [-0.25, -0.2) is 0 Å². The number of nitro benzene ring substituents is 1. The molecule has 0 saturated heterocycles. The summed E-state index contributed by atoms with van der Waals surface area (Å²) in [7, 11) is 0. The summed E-state index contributed by atoms with van der Waals surface area (Å²) in [5, 5.41) is 14.7. The van der Waals surface area contributed by atoms with Crippen LogP contribution in [0.1, 0.15) is 18.2 Å². The molecule has 0 saturated carbocycles. The molecule has 1 aromatic heterocycles. The first-order valence-corrected chi connectivity index (χ1v) is 6.77. The third-order valence-electron chi connectivity index (χ3n) is 3.06. The first-order chi connectivity index (χ1) is 9.61. The highest BCUT2D eigenvalue weighted by Gasteiger charge is 2.15. The van der Waals surface area contributed by atoms with Crippen LogP contribution >= 0.6 is 11.6 Å². The van der Waals surface area contributed by atoms with Crippen LogP contribution in [0, 0.1) is 10.1 Å². The molecule has 0 spiro atoms. The van der Waals surface area contributed by atoms with E-state index in [-0.39, 0.29) is 5.69 Å². The minimum atomic E-state index is -0.394. The maximum absolute atomic E-state index is 11.1. The van der Waals surface area contributed by atoms with Gasteiger partial charge in [0.1, 0.15) is 0 Å². The van der Waals surface area contributed by atoms with Crippen molar-refractivity contribution in [2.75, 3.05) is 6.54 Å². The molecule has 6 heteroatoms. The van der Waals surface area contributed by atoms with E-state index in [9.17, 15) is 10.1 Å². The van der Waals surface area contributed by atoms with Crippen molar-refractivity contribution >= 4 is 17.3 Å². The zero-order valence-electron chi connectivity index (χ0n) is 11.2. The van der Waals surface area contributed by atoms with Crippen LogP contribution < -0.4 is 5.32 Å². The van der Waals surface area contributed by atoms with E-state index in [0.29, 0.717) is 17.1 Å². The zero-order valence-corrected chi connectivity index (χ0v) is 11.9. The number of halogens is 1. The van der Waals surface area contributed by atoms with Crippen molar-refractivity contribution in [3.8, 4) is 0 Å². The SMILES string of the molecule is CCNCc1cccn1Cc1ccc(Cl)cc1[N+](=O)[O-]. The number of hydrogen-bond donors (Lipinski definition) is 1. The first-order valence-electron chi connectivity index (χ1n) is 6.39. The Morgan fingerprint density at radius 1 is 1.40 bits per heavy atom. The van der Waals surface area contributed by atoms with E-state index in [2.05, 4.69) is 5.32 Å². The van der Waals surface area contributed by atoms with Crippen molar-refractivity contribution in [1.29, 1.82) is 0 Å². The fourth-order valence-electron chi connectivity index (χ4n) is 2.04. The fraction of sp³-hybridized carbons (Fsp3) is 0.286. The van der Waals surface area contributed by atoms with Gasteiger partial charge in [-0.3, -0.25) is 10.1 Å². The van der Waals surface area contributed by atoms with E-state index in [0.717, 1.165) is 18.8 Å². The third-order valence-corrected chi connectivity index (χ3v) is 3.30. The summed E-state index contributed by atoms with van der Waals surface area (Å²) in [6.07, 6.45) is 1.92. The van der Waals surface area contributed by atoms with Crippen LogP contribution in [0.5, 0.6) is 0 Å². The average Bonchev–Trinajstić information content (AvgIpc) is 2.85. The molecule has 0 atom stereocenters. The van der Waals surface area contributed by atoms with Gasteiger partial charge >= 0.3 is 0 Å². The highest BCUT2D eigenvalue weighted by Crippen LogP contribution is 2.24. The number of rotatable bonds is 6. The lowest BCUT2D eigenvalue weighted by Gasteiger charge is -2.10. The summed E-state index contributed by atoms with van der Waals surface area (Å²) < 4.78 is 2.00. The molecule has 0 aliphatic heterocycles. The van der Waals surface area contributed by atoms with E-state index in [1.165, 1.54) is 6.07 Å². The molecule has 0 amide bonds. The van der Waals surface area contributed by atoms with Gasteiger partial charge in [-0.1, -0.05) is 18.5 Å². The number of hydrogen-bond acceptors (Lipinski definition) is 3. The van der Waals surface area contributed by atoms with E-state index < -0.39 is 4.92 Å². The molecule has 1 heterocycles. The molecule has 20 heavy (non-hydrogen) atoms. The maximum atomic E-state index is 11.1. The van der Waals surface area contributed by atoms with Crippen LogP contribution in [-0.2, 0) is 13.1 Å². The zero-order chi connectivity index (χ0) is 14.5. The average molecular weight is 294 g/mol. The molecule has 106 valence electrons. The van der Waals surface area contributed by atoms with Gasteiger partial charge in [-0.2, -0.15) is 0 Å². The third kappa shape index (κ3) is 3.37. The van der Waals surface area contributed by atoms with Crippen LogP contribution in [0.25, 0.3) is 0 Å². The number of benzene rings is 1. The molecule has 0 unspecified atom stereocenters. The standard InChI is InChI=1S/C14H16ClN3O2/c1-2-16-9-13-4-3-7-17(13)10-11-5-6-12(15)8-14(11)18(19)20/h3-8,16H,2,9-10H2,1H3. The number of nitrogens with one attached hydrogen (secondary N) is 1. The molecule has 0 aliphatic rings. The summed E-state index contributed by atoms with van der Waals surface area (Å²) >= 11 is 5.82. The van der Waals surface area contributed by atoms with Crippen LogP contribution in [0.15, 0.2) is 36.5 Å². The molecule has 1 N–H and O–H groups in total. The molecule has 0 fully saturated rings. The quantitative estimate of drug-likeness (QED) is 0.657. The molecular formula is C14H16ClN3O2. The molecule has 1 aromatic carbocycles. The molecule has 2 aromatic rings. The minimum absolute atomic E-state index is 0.0561. The Balaban J connectivity index is 2.26. The molecule has 5 nitrogen and oxygen atoms in total. The van der Waals surface area contributed by atoms with Gasteiger partial charge in [0.15, 0.2) is 0 Å². The lowest BCUT2D eigenvalue weighted by atomic mass is 10.2. The van der Waals surface area contributed by atoms with Crippen LogP contribution in [0.2, 0.25) is 5.02 Å². The van der Waals surface area contributed by atoms with Gasteiger partial charge in [-0.05, 0) is 30.8 Å². The lowest BCUT2D eigenvalue weighted by molar-refractivity contribution is -0.385. The van der Waals surface area contributed by atoms with Crippen LogP contribution in [0.4, 0.5) is 5.69 Å². The predicted octanol–water partition coefficient (Wildman–Crippen LogP) is 3.21. The second-order valence-electron chi connectivity index (χ2n) is 4.44. The first kappa shape index (κ1) is 14.6. The Bertz CT molecular complexity index is 610. The van der Waals surface area contributed by atoms with E-state index in [1.807, 2.05) is 29.8 Å². The Morgan fingerprint density at radius 2 is 2.20 bits per heavy atom. The smallest absolute Gasteiger partial charge is 0.275 e. The van der Waals surface area contributed by atoms with Crippen molar-refractivity contribution in [2.24, 2.45) is 0 Å². The summed E-state index contributed by atoms with van der Waals surface area (Å²) in [6.45, 7) is 4.12. The van der Waals surface area contributed by atoms with Crippen molar-refractivity contribution in [3.05, 3.63) is 62.9 Å². The van der Waals surface area contributed by atoms with Gasteiger partial charge in [0.25, 0.3) is 5.69 Å². The molecule has 0 radical (unpaired) electrons. The maximum Gasteiger partial charge on any atom is 0.275 e. The normalized spacial score (nSPS) is 10.7. The predicted molar refractivity (Wildman–Crippen MR) is 79.0 cm³/mol. The molecule has 0 aliphatic carbocycles. The van der Waals surface area contributed by atoms with Crippen LogP contribution in [-0.4, -0.2) is 16.0 Å². The van der Waals surface area contributed by atoms with Gasteiger partial charge in [-0.15, -0.1) is 0 Å². The second kappa shape index (κ2) is 6.54. The van der Waals surface area contributed by atoms with Gasteiger partial charge in [0.2, 0.25) is 0 Å². The Morgan fingerprint density at radius 3 is 2.90 bits per heavy atom. The topological polar surface area (TPSA) is 60.1 Å². The van der Waals surface area contributed by atoms with E-state index in [1.54, 1.807) is 12.1 Å². The van der Waals surface area contributed by atoms with Crippen molar-refractivity contribution in [3.63, 3.8) is 0 Å². The molecular weight excluding hydrogens is 278 g/mol. The summed E-state index contributed by atoms with van der Waals surface area (Å²) in [5.41, 5.74) is 1.80. The van der Waals surface area contributed by atoms with E-state index >= 15 is 0 Å². The Kier molecular flexibility index (Phi) is 4.76. The fourth-order valence-corrected chi connectivity index (χ4v) is 2.21. The number of nitrogens with zero attached hydrogens (tertiary/aromatic N) is 2. The molecule has 0 bridgehead atoms. The van der Waals surface area contributed by atoms with E-state index in [4.69, 9.17) is 11.6 Å².